The van der Waals surface area contributed by atoms with Gasteiger partial charge in [0.25, 0.3) is 0 Å². The van der Waals surface area contributed by atoms with Crippen molar-refractivity contribution in [3.05, 3.63) is 30.3 Å². The van der Waals surface area contributed by atoms with Crippen molar-refractivity contribution in [2.24, 2.45) is 0 Å². The van der Waals surface area contributed by atoms with Crippen LogP contribution in [-0.2, 0) is 4.79 Å². The summed E-state index contributed by atoms with van der Waals surface area (Å²) in [6.45, 7) is 1.28. The number of phenolic OH excluding ortho intramolecular Hbond substituents is 2. The lowest BCUT2D eigenvalue weighted by Crippen LogP contribution is -2.01. The zero-order chi connectivity index (χ0) is 11.7. The molecule has 2 aromatic rings. The molecule has 0 aromatic heterocycles. The number of carbonyl (C=O) groups is 1. The largest absolute Gasteiger partial charge is 0.507 e. The average Bonchev–Trinajstić information content (AvgIpc) is 2.23. The van der Waals surface area contributed by atoms with Gasteiger partial charge in [-0.25, -0.2) is 0 Å². The highest BCUT2D eigenvalue weighted by molar-refractivity contribution is 5.98. The molecular weight excluding hydrogens is 208 g/mol. The SMILES string of the molecule is CC(=O)Oc1cccc2c(O)ccc(O)c12. The maximum Gasteiger partial charge on any atom is 0.308 e. The van der Waals surface area contributed by atoms with E-state index in [2.05, 4.69) is 0 Å². The number of phenols is 2. The Morgan fingerprint density at radius 2 is 1.81 bits per heavy atom. The van der Waals surface area contributed by atoms with Gasteiger partial charge in [0.2, 0.25) is 0 Å². The highest BCUT2D eigenvalue weighted by atomic mass is 16.5. The van der Waals surface area contributed by atoms with Gasteiger partial charge in [-0.3, -0.25) is 4.79 Å². The van der Waals surface area contributed by atoms with E-state index in [-0.39, 0.29) is 17.2 Å². The maximum atomic E-state index is 10.9. The monoisotopic (exact) mass is 218 g/mol. The Kier molecular flexibility index (Phi) is 2.40. The predicted octanol–water partition coefficient (Wildman–Crippen LogP) is 2.18. The van der Waals surface area contributed by atoms with Crippen molar-refractivity contribution in [3.63, 3.8) is 0 Å². The third-order valence-electron chi connectivity index (χ3n) is 2.21. The molecule has 4 nitrogen and oxygen atoms in total. The van der Waals surface area contributed by atoms with Gasteiger partial charge in [0.05, 0.1) is 5.39 Å². The normalized spacial score (nSPS) is 10.3. The number of esters is 1. The lowest BCUT2D eigenvalue weighted by Gasteiger charge is -2.08. The van der Waals surface area contributed by atoms with Crippen LogP contribution < -0.4 is 4.74 Å². The molecular formula is C12H10O4. The minimum Gasteiger partial charge on any atom is -0.507 e. The summed E-state index contributed by atoms with van der Waals surface area (Å²) < 4.78 is 4.95. The highest BCUT2D eigenvalue weighted by Gasteiger charge is 2.11. The van der Waals surface area contributed by atoms with E-state index in [1.54, 1.807) is 18.2 Å². The molecule has 0 bridgehead atoms. The molecule has 0 saturated heterocycles. The molecule has 0 heterocycles. The van der Waals surface area contributed by atoms with Crippen LogP contribution in [0.4, 0.5) is 0 Å². The third kappa shape index (κ3) is 1.65. The van der Waals surface area contributed by atoms with Crippen molar-refractivity contribution in [2.75, 3.05) is 0 Å². The first-order chi connectivity index (χ1) is 7.59. The molecule has 0 aliphatic rings. The first-order valence-electron chi connectivity index (χ1n) is 4.71. The van der Waals surface area contributed by atoms with E-state index in [1.165, 1.54) is 19.1 Å². The van der Waals surface area contributed by atoms with Crippen LogP contribution in [0.2, 0.25) is 0 Å². The van der Waals surface area contributed by atoms with Crippen LogP contribution in [0.5, 0.6) is 17.2 Å². The molecule has 0 fully saturated rings. The first kappa shape index (κ1) is 10.3. The van der Waals surface area contributed by atoms with Crippen molar-refractivity contribution in [3.8, 4) is 17.2 Å². The van der Waals surface area contributed by atoms with Crippen LogP contribution in [0.3, 0.4) is 0 Å². The summed E-state index contributed by atoms with van der Waals surface area (Å²) in [5, 5.41) is 20.1. The van der Waals surface area contributed by atoms with E-state index in [0.29, 0.717) is 10.8 Å². The van der Waals surface area contributed by atoms with E-state index in [0.717, 1.165) is 0 Å². The second kappa shape index (κ2) is 3.73. The van der Waals surface area contributed by atoms with Gasteiger partial charge < -0.3 is 14.9 Å². The van der Waals surface area contributed by atoms with E-state index >= 15 is 0 Å². The first-order valence-corrected chi connectivity index (χ1v) is 4.71. The molecule has 0 spiro atoms. The van der Waals surface area contributed by atoms with Gasteiger partial charge in [-0.2, -0.15) is 0 Å². The summed E-state index contributed by atoms with van der Waals surface area (Å²) in [6.07, 6.45) is 0. The summed E-state index contributed by atoms with van der Waals surface area (Å²) in [5.74, 6) is -0.250. The molecule has 0 unspecified atom stereocenters. The molecule has 4 heteroatoms. The number of fused-ring (bicyclic) bond motifs is 1. The number of benzene rings is 2. The Balaban J connectivity index is 2.75. The number of carbonyl (C=O) groups excluding carboxylic acids is 1. The maximum absolute atomic E-state index is 10.9. The highest BCUT2D eigenvalue weighted by Crippen LogP contribution is 2.37. The summed E-state index contributed by atoms with van der Waals surface area (Å²) in [4.78, 5) is 10.9. The van der Waals surface area contributed by atoms with Crippen LogP contribution in [0, 0.1) is 0 Å². The topological polar surface area (TPSA) is 66.8 Å². The molecule has 0 saturated carbocycles. The molecule has 0 radical (unpaired) electrons. The number of rotatable bonds is 1. The van der Waals surface area contributed by atoms with Crippen molar-refractivity contribution in [1.29, 1.82) is 0 Å². The Labute approximate surface area is 91.7 Å². The standard InChI is InChI=1S/C12H10O4/c1-7(13)16-11-4-2-3-8-9(14)5-6-10(15)12(8)11/h2-6,14-15H,1H3. The summed E-state index contributed by atoms with van der Waals surface area (Å²) in [7, 11) is 0. The molecule has 0 amide bonds. The van der Waals surface area contributed by atoms with Crippen LogP contribution in [0.15, 0.2) is 30.3 Å². The number of hydrogen-bond donors (Lipinski definition) is 2. The number of aromatic hydroxyl groups is 2. The van der Waals surface area contributed by atoms with E-state index in [9.17, 15) is 15.0 Å². The fourth-order valence-electron chi connectivity index (χ4n) is 1.58. The molecule has 82 valence electrons. The fourth-order valence-corrected chi connectivity index (χ4v) is 1.58. The van der Waals surface area contributed by atoms with Crippen LogP contribution >= 0.6 is 0 Å². The Morgan fingerprint density at radius 1 is 1.12 bits per heavy atom. The molecule has 16 heavy (non-hydrogen) atoms. The van der Waals surface area contributed by atoms with Gasteiger partial charge >= 0.3 is 5.97 Å². The van der Waals surface area contributed by atoms with Gasteiger partial charge in [0, 0.05) is 12.3 Å². The molecule has 0 aliphatic carbocycles. The van der Waals surface area contributed by atoms with Crippen molar-refractivity contribution >= 4 is 16.7 Å². The quantitative estimate of drug-likeness (QED) is 0.437. The minimum absolute atomic E-state index is 0.0294. The zero-order valence-corrected chi connectivity index (χ0v) is 8.60. The molecule has 0 atom stereocenters. The van der Waals surface area contributed by atoms with Gasteiger partial charge in [-0.15, -0.1) is 0 Å². The van der Waals surface area contributed by atoms with Gasteiger partial charge in [0.1, 0.15) is 17.2 Å². The Hall–Kier alpha value is -2.23. The second-order valence-electron chi connectivity index (χ2n) is 3.38. The summed E-state index contributed by atoms with van der Waals surface area (Å²) in [5.41, 5.74) is 0. The van der Waals surface area contributed by atoms with E-state index < -0.39 is 5.97 Å². The summed E-state index contributed by atoms with van der Waals surface area (Å²) in [6, 6.07) is 7.57. The van der Waals surface area contributed by atoms with Gasteiger partial charge in [-0.1, -0.05) is 12.1 Å². The van der Waals surface area contributed by atoms with Crippen LogP contribution in [0.25, 0.3) is 10.8 Å². The summed E-state index contributed by atoms with van der Waals surface area (Å²) >= 11 is 0. The fraction of sp³-hybridized carbons (Fsp3) is 0.0833. The smallest absolute Gasteiger partial charge is 0.308 e. The Bertz CT molecular complexity index is 560. The van der Waals surface area contributed by atoms with E-state index in [1.807, 2.05) is 0 Å². The lowest BCUT2D eigenvalue weighted by atomic mass is 10.1. The van der Waals surface area contributed by atoms with Crippen LogP contribution in [0.1, 0.15) is 6.92 Å². The Morgan fingerprint density at radius 3 is 2.50 bits per heavy atom. The van der Waals surface area contributed by atoms with Crippen molar-refractivity contribution < 1.29 is 19.7 Å². The van der Waals surface area contributed by atoms with E-state index in [4.69, 9.17) is 4.74 Å². The predicted molar refractivity (Wildman–Crippen MR) is 58.6 cm³/mol. The average molecular weight is 218 g/mol. The minimum atomic E-state index is -0.477. The molecule has 2 N–H and O–H groups in total. The molecule has 2 aromatic carbocycles. The second-order valence-corrected chi connectivity index (χ2v) is 3.38. The van der Waals surface area contributed by atoms with Crippen molar-refractivity contribution in [2.45, 2.75) is 6.92 Å². The lowest BCUT2D eigenvalue weighted by molar-refractivity contribution is -0.131. The molecule has 0 aliphatic heterocycles. The van der Waals surface area contributed by atoms with Gasteiger partial charge in [-0.05, 0) is 18.2 Å². The third-order valence-corrected chi connectivity index (χ3v) is 2.21. The van der Waals surface area contributed by atoms with Crippen molar-refractivity contribution in [1.82, 2.24) is 0 Å². The number of hydrogen-bond acceptors (Lipinski definition) is 4. The molecule has 2 rings (SSSR count). The van der Waals surface area contributed by atoms with Crippen LogP contribution in [-0.4, -0.2) is 16.2 Å². The number of ether oxygens (including phenoxy) is 1. The van der Waals surface area contributed by atoms with Gasteiger partial charge in [0.15, 0.2) is 0 Å². The zero-order valence-electron chi connectivity index (χ0n) is 8.60.